The molecule has 0 saturated carbocycles. The third-order valence-corrected chi connectivity index (χ3v) is 5.21. The van der Waals surface area contributed by atoms with Crippen LogP contribution in [0.15, 0.2) is 42.5 Å². The Bertz CT molecular complexity index is 952. The number of alkyl halides is 3. The van der Waals surface area contributed by atoms with Crippen molar-refractivity contribution in [3.05, 3.63) is 59.2 Å². The van der Waals surface area contributed by atoms with Gasteiger partial charge in [-0.1, -0.05) is 0 Å². The Balaban J connectivity index is 1.31. The highest BCUT2D eigenvalue weighted by Gasteiger charge is 2.31. The summed E-state index contributed by atoms with van der Waals surface area (Å²) in [5.41, 5.74) is -0.114. The number of hydrogen-bond acceptors (Lipinski definition) is 4. The van der Waals surface area contributed by atoms with Crippen LogP contribution in [0.2, 0.25) is 0 Å². The van der Waals surface area contributed by atoms with Gasteiger partial charge in [-0.3, -0.25) is 9.59 Å². The fourth-order valence-electron chi connectivity index (χ4n) is 3.52. The van der Waals surface area contributed by atoms with Crippen molar-refractivity contribution in [1.82, 2.24) is 10.2 Å². The first kappa shape index (κ1) is 20.1. The van der Waals surface area contributed by atoms with Crippen LogP contribution in [0.5, 0.6) is 11.5 Å². The number of nitrogens with zero attached hydrogens (tertiary/aromatic N) is 1. The predicted molar refractivity (Wildman–Crippen MR) is 100 cm³/mol. The zero-order chi connectivity index (χ0) is 21.3. The number of likely N-dealkylation sites (tertiary alicyclic amines) is 1. The third kappa shape index (κ3) is 4.19. The molecule has 0 aliphatic carbocycles. The van der Waals surface area contributed by atoms with Gasteiger partial charge in [0.1, 0.15) is 0 Å². The van der Waals surface area contributed by atoms with E-state index in [0.29, 0.717) is 43.0 Å². The first-order valence-electron chi connectivity index (χ1n) is 9.48. The third-order valence-electron chi connectivity index (χ3n) is 5.21. The van der Waals surface area contributed by atoms with Gasteiger partial charge in [0.25, 0.3) is 11.8 Å². The molecule has 2 amide bonds. The Morgan fingerprint density at radius 2 is 1.57 bits per heavy atom. The molecule has 0 radical (unpaired) electrons. The van der Waals surface area contributed by atoms with Crippen LogP contribution in [0, 0.1) is 0 Å². The van der Waals surface area contributed by atoms with Crippen molar-refractivity contribution >= 4 is 11.8 Å². The van der Waals surface area contributed by atoms with Crippen molar-refractivity contribution in [3.8, 4) is 11.5 Å². The number of ether oxygens (including phenoxy) is 2. The molecule has 9 heteroatoms. The Hall–Kier alpha value is -3.23. The Morgan fingerprint density at radius 3 is 2.23 bits per heavy atom. The molecule has 0 atom stereocenters. The minimum atomic E-state index is -4.43. The minimum absolute atomic E-state index is 0.0976. The lowest BCUT2D eigenvalue weighted by atomic mass is 10.0. The van der Waals surface area contributed by atoms with Gasteiger partial charge in [0.15, 0.2) is 11.5 Å². The molecular weight excluding hydrogens is 401 g/mol. The van der Waals surface area contributed by atoms with E-state index >= 15 is 0 Å². The molecule has 1 N–H and O–H groups in total. The van der Waals surface area contributed by atoms with Gasteiger partial charge in [-0.05, 0) is 55.3 Å². The summed E-state index contributed by atoms with van der Waals surface area (Å²) in [4.78, 5) is 26.6. The smallest absolute Gasteiger partial charge is 0.416 e. The van der Waals surface area contributed by atoms with Crippen LogP contribution >= 0.6 is 0 Å². The normalized spacial score (nSPS) is 16.4. The Labute approximate surface area is 170 Å². The number of hydrogen-bond donors (Lipinski definition) is 1. The highest BCUT2D eigenvalue weighted by molar-refractivity contribution is 5.95. The lowest BCUT2D eigenvalue weighted by Gasteiger charge is -2.32. The van der Waals surface area contributed by atoms with E-state index in [-0.39, 0.29) is 30.2 Å². The molecule has 2 aliphatic heterocycles. The van der Waals surface area contributed by atoms with Crippen LogP contribution in [0.1, 0.15) is 39.1 Å². The summed E-state index contributed by atoms with van der Waals surface area (Å²) in [6.07, 6.45) is -3.32. The topological polar surface area (TPSA) is 67.9 Å². The second-order valence-electron chi connectivity index (χ2n) is 7.18. The lowest BCUT2D eigenvalue weighted by molar-refractivity contribution is -0.137. The van der Waals surface area contributed by atoms with Crippen LogP contribution in [-0.2, 0) is 6.18 Å². The van der Waals surface area contributed by atoms with Crippen LogP contribution in [-0.4, -0.2) is 42.6 Å². The van der Waals surface area contributed by atoms with Crippen molar-refractivity contribution < 1.29 is 32.2 Å². The van der Waals surface area contributed by atoms with Crippen LogP contribution in [0.4, 0.5) is 13.2 Å². The summed E-state index contributed by atoms with van der Waals surface area (Å²) in [6, 6.07) is 9.07. The number of fused-ring (bicyclic) bond motifs is 1. The first-order valence-corrected chi connectivity index (χ1v) is 9.48. The van der Waals surface area contributed by atoms with Crippen LogP contribution in [0.3, 0.4) is 0 Å². The fraction of sp³-hybridized carbons (Fsp3) is 0.333. The van der Waals surface area contributed by atoms with Gasteiger partial charge in [-0.2, -0.15) is 13.2 Å². The van der Waals surface area contributed by atoms with Gasteiger partial charge in [0.05, 0.1) is 5.56 Å². The van der Waals surface area contributed by atoms with Crippen molar-refractivity contribution in [2.45, 2.75) is 25.1 Å². The van der Waals surface area contributed by atoms with Crippen molar-refractivity contribution in [1.29, 1.82) is 0 Å². The SMILES string of the molecule is O=C(NC1CCN(C(=O)c2ccc(C(F)(F)F)cc2)CC1)c1ccc2c(c1)OCO2. The monoisotopic (exact) mass is 420 g/mol. The molecule has 2 heterocycles. The number of carbonyl (C=O) groups excluding carboxylic acids is 2. The van der Waals surface area contributed by atoms with Gasteiger partial charge in [0, 0.05) is 30.3 Å². The van der Waals surface area contributed by atoms with E-state index in [9.17, 15) is 22.8 Å². The summed E-state index contributed by atoms with van der Waals surface area (Å²) in [5, 5.41) is 2.95. The molecule has 0 bridgehead atoms. The zero-order valence-electron chi connectivity index (χ0n) is 15.9. The number of carbonyl (C=O) groups is 2. The van der Waals surface area contributed by atoms with E-state index in [1.54, 1.807) is 23.1 Å². The standard InChI is InChI=1S/C21H19F3N2O4/c22-21(23,24)15-4-1-13(2-5-15)20(28)26-9-7-16(8-10-26)25-19(27)14-3-6-17-18(11-14)30-12-29-17/h1-6,11,16H,7-10,12H2,(H,25,27). The molecule has 0 aromatic heterocycles. The summed E-state index contributed by atoms with van der Waals surface area (Å²) in [7, 11) is 0. The van der Waals surface area contributed by atoms with Gasteiger partial charge >= 0.3 is 6.18 Å². The molecule has 2 aromatic carbocycles. The predicted octanol–water partition coefficient (Wildman–Crippen LogP) is 3.47. The Morgan fingerprint density at radius 1 is 0.933 bits per heavy atom. The summed E-state index contributed by atoms with van der Waals surface area (Å²) in [5.74, 6) is 0.575. The molecule has 2 aliphatic rings. The fourth-order valence-corrected chi connectivity index (χ4v) is 3.52. The molecule has 4 rings (SSSR count). The molecule has 2 aromatic rings. The van der Waals surface area contributed by atoms with E-state index in [1.165, 1.54) is 12.1 Å². The minimum Gasteiger partial charge on any atom is -0.454 e. The zero-order valence-corrected chi connectivity index (χ0v) is 15.9. The molecule has 6 nitrogen and oxygen atoms in total. The number of benzene rings is 2. The maximum absolute atomic E-state index is 12.7. The van der Waals surface area contributed by atoms with Gasteiger partial charge in [0.2, 0.25) is 6.79 Å². The average molecular weight is 420 g/mol. The molecule has 0 unspecified atom stereocenters. The van der Waals surface area contributed by atoms with E-state index in [2.05, 4.69) is 5.32 Å². The molecular formula is C21H19F3N2O4. The summed E-state index contributed by atoms with van der Waals surface area (Å²) < 4.78 is 48.5. The summed E-state index contributed by atoms with van der Waals surface area (Å²) in [6.45, 7) is 0.948. The van der Waals surface area contributed by atoms with Crippen molar-refractivity contribution in [3.63, 3.8) is 0 Å². The highest BCUT2D eigenvalue weighted by Crippen LogP contribution is 2.32. The van der Waals surface area contributed by atoms with Crippen LogP contribution in [0.25, 0.3) is 0 Å². The first-order chi connectivity index (χ1) is 14.3. The van der Waals surface area contributed by atoms with Gasteiger partial charge in [-0.15, -0.1) is 0 Å². The molecule has 0 spiro atoms. The molecule has 30 heavy (non-hydrogen) atoms. The number of rotatable bonds is 3. The number of amides is 2. The van der Waals surface area contributed by atoms with E-state index in [4.69, 9.17) is 9.47 Å². The summed E-state index contributed by atoms with van der Waals surface area (Å²) >= 11 is 0. The van der Waals surface area contributed by atoms with Crippen molar-refractivity contribution in [2.24, 2.45) is 0 Å². The number of halogens is 3. The maximum atomic E-state index is 12.7. The number of piperidine rings is 1. The Kier molecular flexibility index (Phi) is 5.27. The lowest BCUT2D eigenvalue weighted by Crippen LogP contribution is -2.46. The second kappa shape index (κ2) is 7.89. The number of nitrogens with one attached hydrogen (secondary N) is 1. The second-order valence-corrected chi connectivity index (χ2v) is 7.18. The van der Waals surface area contributed by atoms with Crippen molar-refractivity contribution in [2.75, 3.05) is 19.9 Å². The van der Waals surface area contributed by atoms with Crippen LogP contribution < -0.4 is 14.8 Å². The maximum Gasteiger partial charge on any atom is 0.416 e. The van der Waals surface area contributed by atoms with Gasteiger partial charge in [-0.25, -0.2) is 0 Å². The van der Waals surface area contributed by atoms with Gasteiger partial charge < -0.3 is 19.7 Å². The molecule has 158 valence electrons. The quantitative estimate of drug-likeness (QED) is 0.826. The largest absolute Gasteiger partial charge is 0.454 e. The van der Waals surface area contributed by atoms with E-state index in [0.717, 1.165) is 12.1 Å². The average Bonchev–Trinajstić information content (AvgIpc) is 3.21. The van der Waals surface area contributed by atoms with E-state index in [1.807, 2.05) is 0 Å². The molecule has 1 saturated heterocycles. The van der Waals surface area contributed by atoms with E-state index < -0.39 is 11.7 Å². The molecule has 1 fully saturated rings. The highest BCUT2D eigenvalue weighted by atomic mass is 19.4.